The maximum absolute atomic E-state index is 12.5. The van der Waals surface area contributed by atoms with Crippen molar-refractivity contribution in [2.75, 3.05) is 25.5 Å². The van der Waals surface area contributed by atoms with Gasteiger partial charge in [-0.2, -0.15) is 0 Å². The molecule has 8 heteroatoms. The first kappa shape index (κ1) is 22.2. The standard InChI is InChI=1S/C24H33N7O/c1-24(9-3-4-10-24)30-23(32)29-22-6-5-20-21(28-22)13-17(15-27-20)18(14-25)16-26-19-7-11-31(2)12-8-19/h5-6,13-16,19H,3-4,7-12,25H2,1-2H3,(H2,28,29,30,32). The molecule has 0 aromatic carbocycles. The molecule has 0 atom stereocenters. The third-order valence-corrected chi connectivity index (χ3v) is 6.53. The number of carbonyl (C=O) groups is 1. The van der Waals surface area contributed by atoms with Crippen LogP contribution in [0.15, 0.2) is 35.6 Å². The Labute approximate surface area is 189 Å². The van der Waals surface area contributed by atoms with Gasteiger partial charge in [0, 0.05) is 35.3 Å². The van der Waals surface area contributed by atoms with Crippen molar-refractivity contribution in [2.24, 2.45) is 10.7 Å². The van der Waals surface area contributed by atoms with Crippen molar-refractivity contribution in [3.8, 4) is 0 Å². The smallest absolute Gasteiger partial charge is 0.320 e. The number of urea groups is 1. The van der Waals surface area contributed by atoms with Crippen LogP contribution >= 0.6 is 0 Å². The van der Waals surface area contributed by atoms with Crippen molar-refractivity contribution in [3.63, 3.8) is 0 Å². The number of likely N-dealkylation sites (tertiary alicyclic amines) is 1. The predicted molar refractivity (Wildman–Crippen MR) is 130 cm³/mol. The van der Waals surface area contributed by atoms with Gasteiger partial charge in [-0.3, -0.25) is 15.3 Å². The van der Waals surface area contributed by atoms with Crippen LogP contribution in [-0.2, 0) is 0 Å². The fourth-order valence-corrected chi connectivity index (χ4v) is 4.48. The van der Waals surface area contributed by atoms with E-state index in [1.54, 1.807) is 18.5 Å². The minimum absolute atomic E-state index is 0.135. The first-order valence-electron chi connectivity index (χ1n) is 11.4. The topological polar surface area (TPSA) is 109 Å². The lowest BCUT2D eigenvalue weighted by Crippen LogP contribution is -2.45. The summed E-state index contributed by atoms with van der Waals surface area (Å²) < 4.78 is 0. The number of rotatable bonds is 5. The van der Waals surface area contributed by atoms with Crippen molar-refractivity contribution < 1.29 is 4.79 Å². The number of nitrogens with one attached hydrogen (secondary N) is 2. The van der Waals surface area contributed by atoms with Gasteiger partial charge in [0.25, 0.3) is 0 Å². The highest BCUT2D eigenvalue weighted by molar-refractivity contribution is 6.10. The Hall–Kier alpha value is -3.00. The van der Waals surface area contributed by atoms with Crippen LogP contribution in [-0.4, -0.2) is 58.8 Å². The normalized spacial score (nSPS) is 20.1. The number of hydrogen-bond acceptors (Lipinski definition) is 6. The quantitative estimate of drug-likeness (QED) is 0.623. The number of pyridine rings is 2. The summed E-state index contributed by atoms with van der Waals surface area (Å²) in [5.74, 6) is 0.494. The number of piperidine rings is 1. The molecular formula is C24H33N7O. The molecule has 4 rings (SSSR count). The van der Waals surface area contributed by atoms with Crippen LogP contribution in [0.3, 0.4) is 0 Å². The molecule has 170 valence electrons. The third kappa shape index (κ3) is 5.43. The molecule has 2 amide bonds. The summed E-state index contributed by atoms with van der Waals surface area (Å²) in [7, 11) is 2.14. The fraction of sp³-hybridized carbons (Fsp3) is 0.500. The summed E-state index contributed by atoms with van der Waals surface area (Å²) in [6.07, 6.45) is 11.6. The second-order valence-electron chi connectivity index (χ2n) is 9.24. The monoisotopic (exact) mass is 435 g/mol. The number of hydrogen-bond donors (Lipinski definition) is 3. The molecule has 32 heavy (non-hydrogen) atoms. The number of aliphatic imine (C=N–C) groups is 1. The number of carbonyl (C=O) groups excluding carboxylic acids is 1. The highest BCUT2D eigenvalue weighted by Gasteiger charge is 2.30. The molecule has 1 saturated heterocycles. The third-order valence-electron chi connectivity index (χ3n) is 6.53. The Morgan fingerprint density at radius 3 is 2.72 bits per heavy atom. The molecule has 0 unspecified atom stereocenters. The van der Waals surface area contributed by atoms with E-state index in [9.17, 15) is 4.79 Å². The van der Waals surface area contributed by atoms with E-state index in [2.05, 4.69) is 39.5 Å². The van der Waals surface area contributed by atoms with Crippen molar-refractivity contribution >= 4 is 34.7 Å². The van der Waals surface area contributed by atoms with Gasteiger partial charge in [0.2, 0.25) is 0 Å². The summed E-state index contributed by atoms with van der Waals surface area (Å²) in [6.45, 7) is 4.22. The highest BCUT2D eigenvalue weighted by Crippen LogP contribution is 2.29. The molecule has 2 aromatic heterocycles. The Kier molecular flexibility index (Phi) is 6.69. The maximum Gasteiger partial charge on any atom is 0.320 e. The molecular weight excluding hydrogens is 402 g/mol. The van der Waals surface area contributed by atoms with E-state index in [0.29, 0.717) is 17.4 Å². The van der Waals surface area contributed by atoms with Crippen molar-refractivity contribution in [2.45, 2.75) is 57.0 Å². The summed E-state index contributed by atoms with van der Waals surface area (Å²) in [5, 5.41) is 5.95. The van der Waals surface area contributed by atoms with Crippen LogP contribution < -0.4 is 16.4 Å². The van der Waals surface area contributed by atoms with E-state index in [1.165, 1.54) is 0 Å². The predicted octanol–water partition coefficient (Wildman–Crippen LogP) is 3.55. The molecule has 0 bridgehead atoms. The molecule has 1 aliphatic heterocycles. The van der Waals surface area contributed by atoms with Crippen LogP contribution in [0.25, 0.3) is 16.6 Å². The summed E-state index contributed by atoms with van der Waals surface area (Å²) >= 11 is 0. The second kappa shape index (κ2) is 9.65. The zero-order valence-corrected chi connectivity index (χ0v) is 19.0. The van der Waals surface area contributed by atoms with Gasteiger partial charge in [0.1, 0.15) is 5.82 Å². The average Bonchev–Trinajstić information content (AvgIpc) is 3.20. The van der Waals surface area contributed by atoms with E-state index in [-0.39, 0.29) is 11.6 Å². The molecule has 2 aliphatic rings. The van der Waals surface area contributed by atoms with Crippen molar-refractivity contribution in [1.29, 1.82) is 0 Å². The molecule has 1 aliphatic carbocycles. The van der Waals surface area contributed by atoms with Gasteiger partial charge in [-0.15, -0.1) is 0 Å². The lowest BCUT2D eigenvalue weighted by Gasteiger charge is -2.26. The van der Waals surface area contributed by atoms with E-state index in [4.69, 9.17) is 10.7 Å². The zero-order valence-electron chi connectivity index (χ0n) is 19.0. The van der Waals surface area contributed by atoms with Gasteiger partial charge in [0.15, 0.2) is 0 Å². The summed E-state index contributed by atoms with van der Waals surface area (Å²) in [5.41, 5.74) is 8.87. The first-order valence-corrected chi connectivity index (χ1v) is 11.4. The van der Waals surface area contributed by atoms with Gasteiger partial charge in [-0.05, 0) is 70.9 Å². The van der Waals surface area contributed by atoms with Crippen molar-refractivity contribution in [1.82, 2.24) is 20.2 Å². The molecule has 2 aromatic rings. The van der Waals surface area contributed by atoms with Crippen LogP contribution in [0.5, 0.6) is 0 Å². The molecule has 0 spiro atoms. The second-order valence-corrected chi connectivity index (χ2v) is 9.24. The number of aromatic nitrogens is 2. The largest absolute Gasteiger partial charge is 0.404 e. The van der Waals surface area contributed by atoms with Crippen LogP contribution in [0, 0.1) is 0 Å². The van der Waals surface area contributed by atoms with E-state index < -0.39 is 0 Å². The minimum atomic E-state index is -0.224. The average molecular weight is 436 g/mol. The fourth-order valence-electron chi connectivity index (χ4n) is 4.48. The SMILES string of the molecule is CN1CCC(N=CC(=CN)c2cnc3ccc(NC(=O)NC4(C)CCCC4)nc3c2)CC1. The summed E-state index contributed by atoms with van der Waals surface area (Å²) in [4.78, 5) is 28.6. The van der Waals surface area contributed by atoms with E-state index in [0.717, 1.165) is 68.3 Å². The Morgan fingerprint density at radius 1 is 1.25 bits per heavy atom. The molecule has 8 nitrogen and oxygen atoms in total. The Bertz CT molecular complexity index is 1020. The number of nitrogens with zero attached hydrogens (tertiary/aromatic N) is 4. The zero-order chi connectivity index (χ0) is 22.6. The van der Waals surface area contributed by atoms with Crippen LogP contribution in [0.2, 0.25) is 0 Å². The van der Waals surface area contributed by atoms with Gasteiger partial charge in [0.05, 0.1) is 17.1 Å². The number of allylic oxidation sites excluding steroid dienone is 1. The van der Waals surface area contributed by atoms with E-state index >= 15 is 0 Å². The number of nitrogens with two attached hydrogens (primary N) is 1. The summed E-state index contributed by atoms with van der Waals surface area (Å²) in [6, 6.07) is 5.66. The molecule has 1 saturated carbocycles. The number of anilines is 1. The molecule has 0 radical (unpaired) electrons. The lowest BCUT2D eigenvalue weighted by molar-refractivity contribution is 0.239. The van der Waals surface area contributed by atoms with Crippen LogP contribution in [0.1, 0.15) is 51.0 Å². The maximum atomic E-state index is 12.5. The Morgan fingerprint density at radius 2 is 2.00 bits per heavy atom. The van der Waals surface area contributed by atoms with Gasteiger partial charge in [-0.1, -0.05) is 12.8 Å². The molecule has 3 heterocycles. The minimum Gasteiger partial charge on any atom is -0.404 e. The van der Waals surface area contributed by atoms with Gasteiger partial charge in [-0.25, -0.2) is 9.78 Å². The van der Waals surface area contributed by atoms with Gasteiger partial charge >= 0.3 is 6.03 Å². The van der Waals surface area contributed by atoms with Crippen LogP contribution in [0.4, 0.5) is 10.6 Å². The molecule has 4 N–H and O–H groups in total. The van der Waals surface area contributed by atoms with Crippen molar-refractivity contribution in [3.05, 3.63) is 36.2 Å². The van der Waals surface area contributed by atoms with E-state index in [1.807, 2.05) is 18.3 Å². The first-order chi connectivity index (χ1) is 15.4. The number of amides is 2. The Balaban J connectivity index is 1.46. The number of fused-ring (bicyclic) bond motifs is 1. The molecule has 2 fully saturated rings. The highest BCUT2D eigenvalue weighted by atomic mass is 16.2. The lowest BCUT2D eigenvalue weighted by atomic mass is 10.0. The van der Waals surface area contributed by atoms with Gasteiger partial charge < -0.3 is 16.0 Å².